The fourth-order valence-electron chi connectivity index (χ4n) is 0.296. The molecule has 2 atom stereocenters. The van der Waals surface area contributed by atoms with Crippen molar-refractivity contribution in [3.8, 4) is 0 Å². The second kappa shape index (κ2) is 8.47. The topological polar surface area (TPSA) is 134 Å². The van der Waals surface area contributed by atoms with Gasteiger partial charge in [-0.25, -0.2) is 8.42 Å². The van der Waals surface area contributed by atoms with E-state index in [1.54, 1.807) is 0 Å². The van der Waals surface area contributed by atoms with Crippen LogP contribution in [0.5, 0.6) is 0 Å². The highest BCUT2D eigenvalue weighted by Gasteiger charge is 2.20. The lowest BCUT2D eigenvalue weighted by Crippen LogP contribution is -2.20. The van der Waals surface area contributed by atoms with Crippen LogP contribution < -0.4 is 9.44 Å². The summed E-state index contributed by atoms with van der Waals surface area (Å²) in [7, 11) is -2.51. The van der Waals surface area contributed by atoms with Gasteiger partial charge < -0.3 is 0 Å². The van der Waals surface area contributed by atoms with E-state index >= 15 is 0 Å². The van der Waals surface area contributed by atoms with E-state index in [4.69, 9.17) is 9.11 Å². The quantitative estimate of drug-likeness (QED) is 0.253. The second-order valence-corrected chi connectivity index (χ2v) is 4.10. The molecular weight excluding hydrogens is 259 g/mol. The summed E-state index contributed by atoms with van der Waals surface area (Å²) in [5, 5.41) is 0. The molecule has 4 N–H and O–H groups in total. The average Bonchev–Trinajstić information content (AvgIpc) is 2.02. The van der Waals surface area contributed by atoms with Crippen molar-refractivity contribution in [1.29, 1.82) is 0 Å². The number of hydrogen-bond acceptors (Lipinski definition) is 5. The smallest absolute Gasteiger partial charge is 0.294 e. The van der Waals surface area contributed by atoms with Gasteiger partial charge in [0.25, 0.3) is 0 Å². The van der Waals surface area contributed by atoms with E-state index in [-0.39, 0.29) is 0 Å². The fourth-order valence-corrected chi connectivity index (χ4v) is 1.20. The van der Waals surface area contributed by atoms with E-state index < -0.39 is 44.2 Å². The summed E-state index contributed by atoms with van der Waals surface area (Å²) >= 11 is -4.52. The van der Waals surface area contributed by atoms with Crippen LogP contribution in [0.3, 0.4) is 0 Å². The largest absolute Gasteiger partial charge is 0.700 e. The first-order valence-corrected chi connectivity index (χ1v) is 6.25. The first-order valence-electron chi connectivity index (χ1n) is 2.94. The Hall–Kier alpha value is 0.160. The Morgan fingerprint density at radius 2 is 1.43 bits per heavy atom. The van der Waals surface area contributed by atoms with Gasteiger partial charge >= 0.3 is 8.25 Å². The summed E-state index contributed by atoms with van der Waals surface area (Å²) in [4.78, 5) is 0. The highest BCUT2D eigenvalue weighted by atomic mass is 32.2. The molecule has 2 unspecified atom stereocenters. The molecule has 0 spiro atoms. The van der Waals surface area contributed by atoms with Crippen LogP contribution in [0.25, 0.3) is 0 Å². The minimum absolute atomic E-state index is 0.444. The van der Waals surface area contributed by atoms with Crippen LogP contribution in [0.2, 0.25) is 0 Å². The monoisotopic (exact) mass is 267 g/mol. The van der Waals surface area contributed by atoms with Crippen LogP contribution in [0, 0.1) is 0 Å². The summed E-state index contributed by atoms with van der Waals surface area (Å²) in [6.45, 7) is -0.888. The minimum Gasteiger partial charge on any atom is -0.294 e. The molecule has 0 fully saturated rings. The van der Waals surface area contributed by atoms with Gasteiger partial charge in [0.05, 0.1) is 0 Å². The predicted octanol–water partition coefficient (Wildman–Crippen LogP) is -0.955. The van der Waals surface area contributed by atoms with Crippen molar-refractivity contribution in [1.82, 2.24) is 9.44 Å². The molecule has 12 heteroatoms. The van der Waals surface area contributed by atoms with E-state index in [0.29, 0.717) is 0 Å². The average molecular weight is 267 g/mol. The third-order valence-corrected chi connectivity index (χ3v) is 2.11. The predicted molar refractivity (Wildman–Crippen MR) is 47.3 cm³/mol. The molecule has 0 aliphatic heterocycles. The van der Waals surface area contributed by atoms with Crippen LogP contribution in [0.1, 0.15) is 0 Å². The molecule has 14 heavy (non-hydrogen) atoms. The Balaban J connectivity index is 3.37. The van der Waals surface area contributed by atoms with Gasteiger partial charge in [0.15, 0.2) is 13.5 Å². The van der Waals surface area contributed by atoms with Gasteiger partial charge in [0, 0.05) is 4.57 Å². The zero-order chi connectivity index (χ0) is 11.0. The maximum Gasteiger partial charge on any atom is 0.700 e. The molecule has 0 aromatic carbocycles. The van der Waals surface area contributed by atoms with E-state index in [1.165, 1.54) is 0 Å². The Kier molecular flexibility index (Phi) is 8.56. The lowest BCUT2D eigenvalue weighted by Gasteiger charge is -1.92. The van der Waals surface area contributed by atoms with Crippen LogP contribution >= 0.6 is 8.25 Å². The van der Waals surface area contributed by atoms with Gasteiger partial charge in [-0.05, 0) is 0 Å². The minimum atomic E-state index is -2.51. The Labute approximate surface area is 85.3 Å². The Morgan fingerprint density at radius 3 is 1.71 bits per heavy atom. The normalized spacial score (nSPS) is 16.3. The van der Waals surface area contributed by atoms with Gasteiger partial charge in [-0.2, -0.15) is 9.44 Å². The van der Waals surface area contributed by atoms with Crippen molar-refractivity contribution in [3.63, 3.8) is 0 Å². The molecule has 0 aromatic heterocycles. The number of hydrogen-bond donors (Lipinski definition) is 4. The lowest BCUT2D eigenvalue weighted by molar-refractivity contribution is 0.221. The highest BCUT2D eigenvalue weighted by Crippen LogP contribution is 2.21. The van der Waals surface area contributed by atoms with E-state index in [2.05, 4.69) is 9.05 Å². The summed E-state index contributed by atoms with van der Waals surface area (Å²) in [5.74, 6) is 0. The molecule has 0 aliphatic carbocycles. The molecular formula is C2H8N2O7PS2+. The van der Waals surface area contributed by atoms with Crippen molar-refractivity contribution in [2.45, 2.75) is 0 Å². The van der Waals surface area contributed by atoms with Crippen LogP contribution in [0.4, 0.5) is 0 Å². The lowest BCUT2D eigenvalue weighted by atomic mass is 11.4. The van der Waals surface area contributed by atoms with Crippen molar-refractivity contribution >= 4 is 30.8 Å². The summed E-state index contributed by atoms with van der Waals surface area (Å²) in [5.41, 5.74) is 0. The zero-order valence-electron chi connectivity index (χ0n) is 6.61. The molecule has 9 nitrogen and oxygen atoms in total. The molecule has 0 rings (SSSR count). The summed E-state index contributed by atoms with van der Waals surface area (Å²) in [6, 6.07) is 0. The zero-order valence-corrected chi connectivity index (χ0v) is 9.14. The first kappa shape index (κ1) is 14.2. The molecule has 84 valence electrons. The fraction of sp³-hybridized carbons (Fsp3) is 1.00. The first-order chi connectivity index (χ1) is 6.52. The van der Waals surface area contributed by atoms with Crippen molar-refractivity contribution < 1.29 is 31.1 Å². The number of rotatable bonds is 8. The van der Waals surface area contributed by atoms with Gasteiger partial charge in [-0.3, -0.25) is 9.11 Å². The van der Waals surface area contributed by atoms with E-state index in [1.807, 2.05) is 9.44 Å². The van der Waals surface area contributed by atoms with Crippen LogP contribution in [0.15, 0.2) is 0 Å². The third-order valence-electron chi connectivity index (χ3n) is 0.705. The molecule has 0 aliphatic rings. The highest BCUT2D eigenvalue weighted by molar-refractivity contribution is 7.77. The van der Waals surface area contributed by atoms with Crippen LogP contribution in [-0.2, 0) is 36.1 Å². The van der Waals surface area contributed by atoms with E-state index in [0.717, 1.165) is 0 Å². The SMILES string of the molecule is O=[P+](OCNS(=O)O)OCNS(=O)O. The van der Waals surface area contributed by atoms with Crippen LogP contribution in [-0.4, -0.2) is 31.0 Å². The van der Waals surface area contributed by atoms with Crippen molar-refractivity contribution in [3.05, 3.63) is 0 Å². The maximum absolute atomic E-state index is 10.7. The molecule has 0 bridgehead atoms. The third kappa shape index (κ3) is 10.2. The molecule has 0 amide bonds. The molecule has 0 heterocycles. The standard InChI is InChI=1S/C2H7N2O7PS2/c5-12(10-1-3-13(6)7)11-2-4-14(8)9/h3-4H,1-2H2,(H-,6,7,8,9)/p+1. The van der Waals surface area contributed by atoms with Gasteiger partial charge in [0.1, 0.15) is 0 Å². The maximum atomic E-state index is 10.7. The second-order valence-electron chi connectivity index (χ2n) is 1.56. The molecule has 0 saturated carbocycles. The van der Waals surface area contributed by atoms with Gasteiger partial charge in [0.2, 0.25) is 22.5 Å². The Morgan fingerprint density at radius 1 is 1.07 bits per heavy atom. The molecule has 0 aromatic rings. The van der Waals surface area contributed by atoms with Crippen molar-refractivity contribution in [2.75, 3.05) is 13.5 Å². The molecule has 0 radical (unpaired) electrons. The number of nitrogens with one attached hydrogen (secondary N) is 2. The summed E-state index contributed by atoms with van der Waals surface area (Å²) in [6.07, 6.45) is 0. The van der Waals surface area contributed by atoms with Gasteiger partial charge in [-0.1, -0.05) is 0 Å². The van der Waals surface area contributed by atoms with Crippen molar-refractivity contribution in [2.24, 2.45) is 0 Å². The summed E-state index contributed by atoms with van der Waals surface area (Å²) < 4.78 is 59.4. The molecule has 0 saturated heterocycles. The van der Waals surface area contributed by atoms with Gasteiger partial charge in [-0.15, -0.1) is 9.05 Å². The Bertz CT molecular complexity index is 214. The van der Waals surface area contributed by atoms with E-state index in [9.17, 15) is 13.0 Å².